The molecule has 16 heavy (non-hydrogen) atoms. The minimum absolute atomic E-state index is 0.110. The van der Waals surface area contributed by atoms with E-state index in [9.17, 15) is 4.79 Å². The van der Waals surface area contributed by atoms with Gasteiger partial charge in [0.05, 0.1) is 6.04 Å². The van der Waals surface area contributed by atoms with E-state index in [4.69, 9.17) is 0 Å². The van der Waals surface area contributed by atoms with E-state index in [1.807, 2.05) is 0 Å². The number of likely N-dealkylation sites (tertiary alicyclic amines) is 1. The molecular formula is C13H24N2O. The zero-order valence-corrected chi connectivity index (χ0v) is 10.6. The molecule has 0 aliphatic carbocycles. The molecule has 2 atom stereocenters. The van der Waals surface area contributed by atoms with Gasteiger partial charge < -0.3 is 10.2 Å². The van der Waals surface area contributed by atoms with Crippen LogP contribution in [-0.2, 0) is 4.79 Å². The Morgan fingerprint density at radius 1 is 1.50 bits per heavy atom. The topological polar surface area (TPSA) is 32.3 Å². The molecular weight excluding hydrogens is 200 g/mol. The number of amides is 1. The van der Waals surface area contributed by atoms with Crippen molar-refractivity contribution in [3.05, 3.63) is 0 Å². The maximum absolute atomic E-state index is 12.3. The normalized spacial score (nSPS) is 35.4. The molecule has 0 radical (unpaired) electrons. The highest BCUT2D eigenvalue weighted by Crippen LogP contribution is 2.32. The molecule has 2 rings (SSSR count). The fraction of sp³-hybridized carbons (Fsp3) is 0.923. The van der Waals surface area contributed by atoms with Gasteiger partial charge in [-0.25, -0.2) is 0 Å². The lowest BCUT2D eigenvalue weighted by molar-refractivity contribution is -0.136. The first-order chi connectivity index (χ1) is 7.64. The Morgan fingerprint density at radius 2 is 2.31 bits per heavy atom. The Balaban J connectivity index is 1.95. The van der Waals surface area contributed by atoms with E-state index in [1.54, 1.807) is 0 Å². The van der Waals surface area contributed by atoms with E-state index in [1.165, 1.54) is 19.3 Å². The van der Waals surface area contributed by atoms with Crippen molar-refractivity contribution in [2.45, 2.75) is 52.0 Å². The number of hydrogen-bond donors (Lipinski definition) is 1. The van der Waals surface area contributed by atoms with Crippen molar-refractivity contribution in [3.63, 3.8) is 0 Å². The fourth-order valence-corrected chi connectivity index (χ4v) is 2.91. The molecule has 3 nitrogen and oxygen atoms in total. The molecule has 0 aromatic heterocycles. The molecule has 2 aliphatic rings. The summed E-state index contributed by atoms with van der Waals surface area (Å²) >= 11 is 0. The average Bonchev–Trinajstić information content (AvgIpc) is 2.82. The summed E-state index contributed by atoms with van der Waals surface area (Å²) in [6.07, 6.45) is 5.79. The second kappa shape index (κ2) is 4.74. The Hall–Kier alpha value is -0.570. The van der Waals surface area contributed by atoms with Gasteiger partial charge in [-0.2, -0.15) is 0 Å². The third kappa shape index (κ3) is 2.40. The minimum atomic E-state index is 0.110. The van der Waals surface area contributed by atoms with Crippen molar-refractivity contribution < 1.29 is 4.79 Å². The number of hydrogen-bond acceptors (Lipinski definition) is 2. The first-order valence-electron chi connectivity index (χ1n) is 6.67. The predicted molar refractivity (Wildman–Crippen MR) is 65.2 cm³/mol. The number of piperidine rings is 1. The van der Waals surface area contributed by atoms with Gasteiger partial charge in [0.25, 0.3) is 0 Å². The van der Waals surface area contributed by atoms with Gasteiger partial charge in [-0.3, -0.25) is 4.79 Å². The van der Waals surface area contributed by atoms with Crippen molar-refractivity contribution in [3.8, 4) is 0 Å². The highest BCUT2D eigenvalue weighted by molar-refractivity contribution is 5.82. The third-order valence-corrected chi connectivity index (χ3v) is 4.30. The number of carbonyl (C=O) groups is 1. The van der Waals surface area contributed by atoms with E-state index < -0.39 is 0 Å². The van der Waals surface area contributed by atoms with Crippen molar-refractivity contribution in [1.29, 1.82) is 0 Å². The van der Waals surface area contributed by atoms with E-state index in [0.29, 0.717) is 11.3 Å². The van der Waals surface area contributed by atoms with Gasteiger partial charge in [0, 0.05) is 13.1 Å². The molecule has 2 aliphatic heterocycles. The Morgan fingerprint density at radius 3 is 2.94 bits per heavy atom. The minimum Gasteiger partial charge on any atom is -0.341 e. The lowest BCUT2D eigenvalue weighted by Gasteiger charge is -2.41. The number of nitrogens with one attached hydrogen (secondary N) is 1. The van der Waals surface area contributed by atoms with E-state index in [0.717, 1.165) is 32.5 Å². The molecule has 92 valence electrons. The first-order valence-corrected chi connectivity index (χ1v) is 6.67. The highest BCUT2D eigenvalue weighted by Gasteiger charge is 2.34. The van der Waals surface area contributed by atoms with Crippen molar-refractivity contribution in [2.75, 3.05) is 19.6 Å². The molecule has 0 bridgehead atoms. The predicted octanol–water partition coefficient (Wildman–Crippen LogP) is 1.78. The van der Waals surface area contributed by atoms with E-state index in [2.05, 4.69) is 24.1 Å². The van der Waals surface area contributed by atoms with Crippen LogP contribution in [0.15, 0.2) is 0 Å². The number of carbonyl (C=O) groups excluding carboxylic acids is 1. The fourth-order valence-electron chi connectivity index (χ4n) is 2.91. The van der Waals surface area contributed by atoms with Crippen molar-refractivity contribution in [2.24, 2.45) is 5.41 Å². The van der Waals surface area contributed by atoms with Gasteiger partial charge >= 0.3 is 0 Å². The van der Waals surface area contributed by atoms with Crippen LogP contribution in [0, 0.1) is 5.41 Å². The molecule has 2 unspecified atom stereocenters. The summed E-state index contributed by atoms with van der Waals surface area (Å²) in [6, 6.07) is 0.110. The summed E-state index contributed by atoms with van der Waals surface area (Å²) in [7, 11) is 0. The van der Waals surface area contributed by atoms with Crippen LogP contribution >= 0.6 is 0 Å². The molecule has 0 saturated carbocycles. The van der Waals surface area contributed by atoms with E-state index in [-0.39, 0.29) is 6.04 Å². The quantitative estimate of drug-likeness (QED) is 0.775. The maximum atomic E-state index is 12.3. The summed E-state index contributed by atoms with van der Waals surface area (Å²) in [5.41, 5.74) is 0.354. The average molecular weight is 224 g/mol. The van der Waals surface area contributed by atoms with Gasteiger partial charge in [-0.05, 0) is 44.1 Å². The Kier molecular flexibility index (Phi) is 3.53. The summed E-state index contributed by atoms with van der Waals surface area (Å²) in [5, 5.41) is 3.31. The second-order valence-corrected chi connectivity index (χ2v) is 5.68. The molecule has 2 fully saturated rings. The number of nitrogens with zero attached hydrogens (tertiary/aromatic N) is 1. The van der Waals surface area contributed by atoms with Crippen molar-refractivity contribution >= 4 is 5.91 Å². The lowest BCUT2D eigenvalue weighted by atomic mass is 9.79. The molecule has 0 aromatic carbocycles. The maximum Gasteiger partial charge on any atom is 0.239 e. The molecule has 0 aromatic rings. The highest BCUT2D eigenvalue weighted by atomic mass is 16.2. The molecule has 3 heteroatoms. The van der Waals surface area contributed by atoms with Crippen LogP contribution in [0.1, 0.15) is 46.0 Å². The summed E-state index contributed by atoms with van der Waals surface area (Å²) in [6.45, 7) is 7.48. The smallest absolute Gasteiger partial charge is 0.239 e. The van der Waals surface area contributed by atoms with Crippen LogP contribution in [0.2, 0.25) is 0 Å². The van der Waals surface area contributed by atoms with Crippen LogP contribution in [0.4, 0.5) is 0 Å². The molecule has 2 saturated heterocycles. The van der Waals surface area contributed by atoms with E-state index >= 15 is 0 Å². The van der Waals surface area contributed by atoms with Crippen LogP contribution in [0.3, 0.4) is 0 Å². The van der Waals surface area contributed by atoms with Crippen LogP contribution in [-0.4, -0.2) is 36.5 Å². The third-order valence-electron chi connectivity index (χ3n) is 4.30. The molecule has 2 heterocycles. The zero-order valence-electron chi connectivity index (χ0n) is 10.6. The van der Waals surface area contributed by atoms with Crippen LogP contribution < -0.4 is 5.32 Å². The van der Waals surface area contributed by atoms with Gasteiger partial charge in [-0.15, -0.1) is 0 Å². The monoisotopic (exact) mass is 224 g/mol. The standard InChI is InChI=1S/C13H24N2O/c1-3-13(2)7-5-9-15(10-13)12(16)11-6-4-8-14-11/h11,14H,3-10H2,1-2H3. The largest absolute Gasteiger partial charge is 0.341 e. The van der Waals surface area contributed by atoms with Gasteiger partial charge in [0.15, 0.2) is 0 Å². The SMILES string of the molecule is CCC1(C)CCCN(C(=O)C2CCCN2)C1. The second-order valence-electron chi connectivity index (χ2n) is 5.68. The summed E-state index contributed by atoms with van der Waals surface area (Å²) < 4.78 is 0. The van der Waals surface area contributed by atoms with Gasteiger partial charge in [-0.1, -0.05) is 13.8 Å². The Bertz CT molecular complexity index is 261. The van der Waals surface area contributed by atoms with Crippen LogP contribution in [0.5, 0.6) is 0 Å². The molecule has 1 N–H and O–H groups in total. The summed E-state index contributed by atoms with van der Waals surface area (Å²) in [5.74, 6) is 0.344. The van der Waals surface area contributed by atoms with Crippen molar-refractivity contribution in [1.82, 2.24) is 10.2 Å². The zero-order chi connectivity index (χ0) is 11.6. The lowest BCUT2D eigenvalue weighted by Crippen LogP contribution is -2.50. The van der Waals surface area contributed by atoms with Gasteiger partial charge in [0.1, 0.15) is 0 Å². The van der Waals surface area contributed by atoms with Gasteiger partial charge in [0.2, 0.25) is 5.91 Å². The van der Waals surface area contributed by atoms with Crippen LogP contribution in [0.25, 0.3) is 0 Å². The first kappa shape index (κ1) is 11.9. The molecule has 0 spiro atoms. The Labute approximate surface area is 98.6 Å². The number of rotatable bonds is 2. The summed E-state index contributed by atoms with van der Waals surface area (Å²) in [4.78, 5) is 14.4. The molecule has 1 amide bonds.